The fraction of sp³-hybridized carbons (Fsp3) is 0.364. The second-order valence-corrected chi connectivity index (χ2v) is 10.5. The van der Waals surface area contributed by atoms with Gasteiger partial charge in [-0.15, -0.1) is 0 Å². The molecule has 2 aromatic rings. The lowest BCUT2D eigenvalue weighted by atomic mass is 10.1. The Kier molecular flexibility index (Phi) is 6.46. The molecule has 0 fully saturated rings. The Morgan fingerprint density at radius 2 is 1.88 bits per heavy atom. The van der Waals surface area contributed by atoms with Crippen molar-refractivity contribution in [2.24, 2.45) is 0 Å². The average molecular weight is 460 g/mol. The van der Waals surface area contributed by atoms with E-state index in [0.29, 0.717) is 11.3 Å². The Balaban J connectivity index is 1.70. The van der Waals surface area contributed by atoms with Crippen molar-refractivity contribution in [1.82, 2.24) is 14.9 Å². The third-order valence-electron chi connectivity index (χ3n) is 5.73. The van der Waals surface area contributed by atoms with Gasteiger partial charge in [0.2, 0.25) is 0 Å². The molecule has 170 valence electrons. The Bertz CT molecular complexity index is 1200. The lowest BCUT2D eigenvalue weighted by Crippen LogP contribution is -2.50. The molecule has 9 nitrogen and oxygen atoms in total. The standard InChI is InChI=1S/C22H25N3O6S/c1-15(26)18-8-6-16(7-9-18)4-5-17-12-19-14-24(21(28)25(19)13-17)11-10-22(2,20(27)23-29)32(3,30)31/h6-9,12-13,15,26,29H,10-11,14H2,1-3H3,(H,23,27)/t15-,22?/m0/s1. The zero-order chi connectivity index (χ0) is 23.7. The van der Waals surface area contributed by atoms with Crippen LogP contribution in [0, 0.1) is 11.8 Å². The summed E-state index contributed by atoms with van der Waals surface area (Å²) in [6, 6.07) is 8.68. The number of hydrogen-bond donors (Lipinski definition) is 3. The second-order valence-electron chi connectivity index (χ2n) is 8.04. The highest BCUT2D eigenvalue weighted by Crippen LogP contribution is 2.25. The third kappa shape index (κ3) is 4.55. The molecule has 0 aliphatic carbocycles. The zero-order valence-electron chi connectivity index (χ0n) is 18.0. The van der Waals surface area contributed by atoms with E-state index in [2.05, 4.69) is 11.8 Å². The number of sulfone groups is 1. The average Bonchev–Trinajstić information content (AvgIpc) is 3.27. The zero-order valence-corrected chi connectivity index (χ0v) is 18.8. The van der Waals surface area contributed by atoms with Crippen LogP contribution in [0.2, 0.25) is 0 Å². The number of aliphatic hydroxyl groups is 1. The van der Waals surface area contributed by atoms with Crippen LogP contribution in [0.15, 0.2) is 36.5 Å². The number of carbonyl (C=O) groups excluding carboxylic acids is 2. The lowest BCUT2D eigenvalue weighted by molar-refractivity contribution is -0.131. The van der Waals surface area contributed by atoms with Crippen LogP contribution >= 0.6 is 0 Å². The van der Waals surface area contributed by atoms with Gasteiger partial charge in [-0.05, 0) is 44.0 Å². The van der Waals surface area contributed by atoms with E-state index in [9.17, 15) is 23.1 Å². The van der Waals surface area contributed by atoms with Gasteiger partial charge in [0.1, 0.15) is 0 Å². The van der Waals surface area contributed by atoms with E-state index in [1.165, 1.54) is 21.9 Å². The molecule has 0 spiro atoms. The van der Waals surface area contributed by atoms with E-state index >= 15 is 0 Å². The summed E-state index contributed by atoms with van der Waals surface area (Å²) in [5, 5.41) is 18.5. The fourth-order valence-corrected chi connectivity index (χ4v) is 4.23. The predicted molar refractivity (Wildman–Crippen MR) is 116 cm³/mol. The van der Waals surface area contributed by atoms with Crippen LogP contribution in [0.3, 0.4) is 0 Å². The van der Waals surface area contributed by atoms with E-state index < -0.39 is 26.6 Å². The van der Waals surface area contributed by atoms with Crippen molar-refractivity contribution in [3.05, 3.63) is 58.9 Å². The first-order valence-electron chi connectivity index (χ1n) is 9.91. The van der Waals surface area contributed by atoms with Gasteiger partial charge in [0, 0.05) is 35.8 Å². The molecule has 2 amide bonds. The van der Waals surface area contributed by atoms with Crippen LogP contribution in [0.5, 0.6) is 0 Å². The molecule has 3 N–H and O–H groups in total. The largest absolute Gasteiger partial charge is 0.389 e. The van der Waals surface area contributed by atoms with Crippen LogP contribution in [-0.2, 0) is 21.2 Å². The van der Waals surface area contributed by atoms with Crippen LogP contribution in [0.4, 0.5) is 4.79 Å². The van der Waals surface area contributed by atoms with Crippen molar-refractivity contribution in [2.45, 2.75) is 37.7 Å². The maximum atomic E-state index is 12.7. The predicted octanol–water partition coefficient (Wildman–Crippen LogP) is 1.42. The number of amides is 2. The number of benzene rings is 1. The highest BCUT2D eigenvalue weighted by Gasteiger charge is 2.44. The van der Waals surface area contributed by atoms with E-state index in [1.807, 2.05) is 12.1 Å². The van der Waals surface area contributed by atoms with Gasteiger partial charge in [-0.1, -0.05) is 24.0 Å². The Morgan fingerprint density at radius 1 is 1.25 bits per heavy atom. The molecule has 0 bridgehead atoms. The summed E-state index contributed by atoms with van der Waals surface area (Å²) in [6.45, 7) is 3.18. The number of nitrogens with one attached hydrogen (secondary N) is 1. The normalized spacial score (nSPS) is 16.0. The minimum absolute atomic E-state index is 0.0220. The monoisotopic (exact) mass is 459 g/mol. The van der Waals surface area contributed by atoms with Crippen molar-refractivity contribution in [2.75, 3.05) is 12.8 Å². The van der Waals surface area contributed by atoms with Gasteiger partial charge in [-0.2, -0.15) is 0 Å². The molecular formula is C22H25N3O6S. The van der Waals surface area contributed by atoms with Gasteiger partial charge in [-0.25, -0.2) is 18.7 Å². The highest BCUT2D eigenvalue weighted by molar-refractivity contribution is 7.92. The first-order chi connectivity index (χ1) is 15.0. The SMILES string of the molecule is C[C@H](O)c1ccc(C#Cc2cc3n(c2)C(=O)N(CCC(C)(C(=O)NO)S(C)(=O)=O)C3)cc1. The number of rotatable bonds is 6. The molecule has 32 heavy (non-hydrogen) atoms. The van der Waals surface area contributed by atoms with E-state index in [-0.39, 0.29) is 25.5 Å². The number of fused-ring (bicyclic) bond motifs is 1. The van der Waals surface area contributed by atoms with Crippen molar-refractivity contribution in [3.8, 4) is 11.8 Å². The first kappa shape index (κ1) is 23.5. The number of hydroxylamine groups is 1. The summed E-state index contributed by atoms with van der Waals surface area (Å²) in [4.78, 5) is 26.1. The topological polar surface area (TPSA) is 129 Å². The van der Waals surface area contributed by atoms with Crippen molar-refractivity contribution in [3.63, 3.8) is 0 Å². The Labute approximate surface area is 186 Å². The quantitative estimate of drug-likeness (QED) is 0.340. The summed E-state index contributed by atoms with van der Waals surface area (Å²) in [7, 11) is -3.84. The molecule has 0 saturated carbocycles. The van der Waals surface area contributed by atoms with Crippen molar-refractivity contribution in [1.29, 1.82) is 0 Å². The molecule has 0 saturated heterocycles. The number of hydrogen-bond acceptors (Lipinski definition) is 6. The fourth-order valence-electron chi connectivity index (χ4n) is 3.39. The second kappa shape index (κ2) is 8.78. The van der Waals surface area contributed by atoms with E-state index in [1.54, 1.807) is 31.3 Å². The van der Waals surface area contributed by atoms with Gasteiger partial charge in [0.25, 0.3) is 5.91 Å². The summed E-state index contributed by atoms with van der Waals surface area (Å²) in [5.41, 5.74) is 4.34. The van der Waals surface area contributed by atoms with Gasteiger partial charge in [0.15, 0.2) is 14.6 Å². The van der Waals surface area contributed by atoms with Gasteiger partial charge < -0.3 is 10.0 Å². The Morgan fingerprint density at radius 3 is 2.41 bits per heavy atom. The molecule has 1 aliphatic rings. The van der Waals surface area contributed by atoms with Crippen LogP contribution < -0.4 is 5.48 Å². The number of carbonyl (C=O) groups is 2. The summed E-state index contributed by atoms with van der Waals surface area (Å²) >= 11 is 0. The number of aliphatic hydroxyl groups excluding tert-OH is 1. The van der Waals surface area contributed by atoms with E-state index in [0.717, 1.165) is 17.4 Å². The van der Waals surface area contributed by atoms with Crippen molar-refractivity contribution < 1.29 is 28.3 Å². The third-order valence-corrected chi connectivity index (χ3v) is 7.76. The lowest BCUT2D eigenvalue weighted by Gasteiger charge is -2.27. The highest BCUT2D eigenvalue weighted by atomic mass is 32.2. The molecule has 2 atom stereocenters. The van der Waals surface area contributed by atoms with Crippen molar-refractivity contribution >= 4 is 21.8 Å². The summed E-state index contributed by atoms with van der Waals surface area (Å²) in [6.07, 6.45) is 1.82. The minimum Gasteiger partial charge on any atom is -0.389 e. The van der Waals surface area contributed by atoms with Gasteiger partial charge >= 0.3 is 6.03 Å². The number of aromatic nitrogens is 1. The van der Waals surface area contributed by atoms with Crippen LogP contribution in [0.25, 0.3) is 0 Å². The molecule has 1 aromatic heterocycles. The Hall–Kier alpha value is -3.13. The number of nitrogens with zero attached hydrogens (tertiary/aromatic N) is 2. The van der Waals surface area contributed by atoms with Crippen LogP contribution in [0.1, 0.15) is 48.8 Å². The van der Waals surface area contributed by atoms with E-state index in [4.69, 9.17) is 5.21 Å². The summed E-state index contributed by atoms with van der Waals surface area (Å²) < 4.78 is 23.8. The molecule has 2 heterocycles. The minimum atomic E-state index is -3.84. The first-order valence-corrected chi connectivity index (χ1v) is 11.8. The molecular weight excluding hydrogens is 434 g/mol. The molecule has 10 heteroatoms. The van der Waals surface area contributed by atoms with Crippen LogP contribution in [-0.4, -0.2) is 57.7 Å². The smallest absolute Gasteiger partial charge is 0.328 e. The maximum Gasteiger partial charge on any atom is 0.328 e. The molecule has 3 rings (SSSR count). The maximum absolute atomic E-state index is 12.7. The summed E-state index contributed by atoms with van der Waals surface area (Å²) in [5.74, 6) is 4.99. The molecule has 1 aromatic carbocycles. The molecule has 1 unspecified atom stereocenters. The van der Waals surface area contributed by atoms with Gasteiger partial charge in [0.05, 0.1) is 12.6 Å². The molecule has 0 radical (unpaired) electrons. The molecule has 1 aliphatic heterocycles. The van der Waals surface area contributed by atoms with Gasteiger partial charge in [-0.3, -0.25) is 14.6 Å².